The third-order valence-corrected chi connectivity index (χ3v) is 13.8. The molecule has 2 aliphatic rings. The van der Waals surface area contributed by atoms with Gasteiger partial charge in [-0.3, -0.25) is 10.2 Å². The van der Waals surface area contributed by atoms with Crippen LogP contribution in [0.15, 0.2) is 83.8 Å². The Kier molecular flexibility index (Phi) is 14.3. The number of sulfonamides is 1. The first-order valence-corrected chi connectivity index (χ1v) is 22.8. The molecule has 13 nitrogen and oxygen atoms in total. The van der Waals surface area contributed by atoms with Gasteiger partial charge < -0.3 is 30.2 Å². The lowest BCUT2D eigenvalue weighted by atomic mass is 9.81. The van der Waals surface area contributed by atoms with Crippen LogP contribution in [0, 0.1) is 32.1 Å². The fraction of sp³-hybridized carbons (Fsp3) is 0.417. The van der Waals surface area contributed by atoms with Crippen molar-refractivity contribution < 1.29 is 37.0 Å². The zero-order chi connectivity index (χ0) is 44.8. The largest absolute Gasteiger partial charge is 0.487 e. The third-order valence-electron chi connectivity index (χ3n) is 12.2. The van der Waals surface area contributed by atoms with Crippen LogP contribution in [0.2, 0.25) is 0 Å². The van der Waals surface area contributed by atoms with Gasteiger partial charge in [0.1, 0.15) is 36.6 Å². The summed E-state index contributed by atoms with van der Waals surface area (Å²) in [5.41, 5.74) is 7.34. The Balaban J connectivity index is 1.11. The second-order valence-corrected chi connectivity index (χ2v) is 18.5. The van der Waals surface area contributed by atoms with Gasteiger partial charge in [-0.15, -0.1) is 0 Å². The van der Waals surface area contributed by atoms with Crippen LogP contribution in [0.1, 0.15) is 98.2 Å². The van der Waals surface area contributed by atoms with Crippen molar-refractivity contribution >= 4 is 34.0 Å². The fourth-order valence-electron chi connectivity index (χ4n) is 8.29. The number of carbonyl (C=O) groups is 3. The Morgan fingerprint density at radius 2 is 1.47 bits per heavy atom. The topological polar surface area (TPSA) is 185 Å². The number of guanidine groups is 1. The molecule has 2 amide bonds. The number of fused-ring (bicyclic) bond motifs is 4. The zero-order valence-corrected chi connectivity index (χ0v) is 37.5. The maximum atomic E-state index is 13.9. The number of carbonyl (C=O) groups excluding carboxylic acids is 3. The van der Waals surface area contributed by atoms with E-state index in [1.165, 1.54) is 0 Å². The minimum Gasteiger partial charge on any atom is -0.487 e. The van der Waals surface area contributed by atoms with E-state index in [-0.39, 0.29) is 49.3 Å². The molecule has 0 unspecified atom stereocenters. The first-order chi connectivity index (χ1) is 29.5. The average molecular weight is 866 g/mol. The Labute approximate surface area is 365 Å². The summed E-state index contributed by atoms with van der Waals surface area (Å²) in [6, 6.07) is 23.0. The first kappa shape index (κ1) is 45.6. The van der Waals surface area contributed by atoms with Crippen LogP contribution >= 0.6 is 0 Å². The number of benzene rings is 4. The lowest BCUT2D eigenvalue weighted by molar-refractivity contribution is -0.149. The molecule has 1 aliphatic heterocycles. The average Bonchev–Trinajstić information content (AvgIpc) is 3.56. The van der Waals surface area contributed by atoms with Crippen LogP contribution in [-0.4, -0.2) is 63.2 Å². The minimum atomic E-state index is -4.18. The normalized spacial score (nSPS) is 16.0. The number of nitrogens with one attached hydrogen (secondary N) is 5. The summed E-state index contributed by atoms with van der Waals surface area (Å²) in [5, 5.41) is 16.8. The highest BCUT2D eigenvalue weighted by Gasteiger charge is 2.38. The van der Waals surface area contributed by atoms with Crippen LogP contribution in [0.3, 0.4) is 0 Å². The molecule has 0 bridgehead atoms. The Morgan fingerprint density at radius 3 is 2.11 bits per heavy atom. The predicted molar refractivity (Wildman–Crippen MR) is 239 cm³/mol. The third kappa shape index (κ3) is 10.2. The van der Waals surface area contributed by atoms with E-state index in [9.17, 15) is 22.8 Å². The summed E-state index contributed by atoms with van der Waals surface area (Å²) in [6.45, 7) is 13.5. The van der Waals surface area contributed by atoms with Gasteiger partial charge in [0, 0.05) is 12.5 Å². The van der Waals surface area contributed by atoms with Crippen LogP contribution in [0.5, 0.6) is 5.75 Å². The van der Waals surface area contributed by atoms with E-state index in [2.05, 4.69) is 27.6 Å². The summed E-state index contributed by atoms with van der Waals surface area (Å²) in [4.78, 5) is 40.7. The van der Waals surface area contributed by atoms with Gasteiger partial charge in [0.2, 0.25) is 11.9 Å². The van der Waals surface area contributed by atoms with Gasteiger partial charge >= 0.3 is 12.1 Å². The second-order valence-electron chi connectivity index (χ2n) is 16.8. The van der Waals surface area contributed by atoms with E-state index in [0.717, 1.165) is 38.9 Å². The SMILES string of the molecule is CCC[C@H](NC(=O)[C@@H](CCCNC(=N)NS(=O)(=O)c1c(C)c(C)c2c(c1C)C[C@@H](C)C(C)(C)O2)NC(=O)OCC1c2ccccc2-c2ccccc21)C(=O)OCc1ccccc1. The molecule has 330 valence electrons. The number of amides is 2. The smallest absolute Gasteiger partial charge is 0.407 e. The molecule has 0 saturated heterocycles. The number of hydrogen-bond donors (Lipinski definition) is 5. The zero-order valence-electron chi connectivity index (χ0n) is 36.6. The van der Waals surface area contributed by atoms with Crippen molar-refractivity contribution in [2.75, 3.05) is 13.2 Å². The van der Waals surface area contributed by atoms with Crippen molar-refractivity contribution in [3.8, 4) is 16.9 Å². The maximum Gasteiger partial charge on any atom is 0.407 e. The summed E-state index contributed by atoms with van der Waals surface area (Å²) >= 11 is 0. The van der Waals surface area contributed by atoms with Gasteiger partial charge in [-0.25, -0.2) is 22.7 Å². The Hall–Kier alpha value is -5.89. The Morgan fingerprint density at radius 1 is 0.839 bits per heavy atom. The number of ether oxygens (including phenoxy) is 3. The van der Waals surface area contributed by atoms with E-state index < -0.39 is 51.6 Å². The van der Waals surface area contributed by atoms with E-state index in [4.69, 9.17) is 19.6 Å². The molecule has 62 heavy (non-hydrogen) atoms. The van der Waals surface area contributed by atoms with Crippen molar-refractivity contribution in [2.24, 2.45) is 5.92 Å². The molecule has 4 aromatic rings. The van der Waals surface area contributed by atoms with E-state index in [0.29, 0.717) is 36.1 Å². The van der Waals surface area contributed by atoms with Gasteiger partial charge in [0.15, 0.2) is 0 Å². The number of alkyl carbamates (subject to hydrolysis) is 1. The Bertz CT molecular complexity index is 2370. The highest BCUT2D eigenvalue weighted by atomic mass is 32.2. The molecular weight excluding hydrogens is 807 g/mol. The van der Waals surface area contributed by atoms with Crippen LogP contribution in [0.4, 0.5) is 4.79 Å². The quantitative estimate of drug-likeness (QED) is 0.0330. The highest BCUT2D eigenvalue weighted by molar-refractivity contribution is 7.90. The molecule has 0 saturated carbocycles. The summed E-state index contributed by atoms with van der Waals surface area (Å²) < 4.78 is 47.7. The van der Waals surface area contributed by atoms with Crippen molar-refractivity contribution in [1.29, 1.82) is 5.41 Å². The molecule has 6 rings (SSSR count). The van der Waals surface area contributed by atoms with Gasteiger partial charge in [0.25, 0.3) is 10.0 Å². The van der Waals surface area contributed by atoms with Crippen molar-refractivity contribution in [2.45, 2.75) is 116 Å². The first-order valence-electron chi connectivity index (χ1n) is 21.3. The molecule has 5 N–H and O–H groups in total. The number of esters is 1. The lowest BCUT2D eigenvalue weighted by Gasteiger charge is -2.40. The molecular formula is C48H59N5O8S. The molecule has 3 atom stereocenters. The number of hydrogen-bond acceptors (Lipinski definition) is 9. The monoisotopic (exact) mass is 865 g/mol. The molecule has 1 heterocycles. The van der Waals surface area contributed by atoms with Crippen LogP contribution in [-0.2, 0) is 42.1 Å². The molecule has 0 aromatic heterocycles. The van der Waals surface area contributed by atoms with Crippen molar-refractivity contribution in [1.82, 2.24) is 20.7 Å². The fourth-order valence-corrected chi connectivity index (χ4v) is 9.82. The molecule has 0 fully saturated rings. The highest BCUT2D eigenvalue weighted by Crippen LogP contribution is 2.45. The second kappa shape index (κ2) is 19.4. The predicted octanol–water partition coefficient (Wildman–Crippen LogP) is 7.48. The molecule has 4 aromatic carbocycles. The van der Waals surface area contributed by atoms with Gasteiger partial charge in [0.05, 0.1) is 4.90 Å². The molecule has 0 spiro atoms. The standard InChI is InChI=1S/C48H59N5O8S/c1-8-17-41(45(55)59-27-33-18-10-9-11-19-33)51-44(54)40(52-47(56)60-28-39-36-22-14-12-20-34(36)35-21-13-15-23-37(35)39)24-16-25-50-46(49)53-62(57,58)43-31(4)30(3)42-38(32(43)5)26-29(2)48(6,7)61-42/h9-15,18-23,29,39-41H,8,16-17,24-28H2,1-7H3,(H,51,54)(H,52,56)(H3,49,50,53)/t29-,40-,41+/m1/s1. The summed E-state index contributed by atoms with van der Waals surface area (Å²) in [7, 11) is -4.18. The van der Waals surface area contributed by atoms with E-state index in [1.807, 2.05) is 107 Å². The van der Waals surface area contributed by atoms with Crippen LogP contribution < -0.4 is 25.4 Å². The molecule has 1 aliphatic carbocycles. The maximum absolute atomic E-state index is 13.9. The summed E-state index contributed by atoms with van der Waals surface area (Å²) in [6.07, 6.45) is 1.02. The van der Waals surface area contributed by atoms with Crippen molar-refractivity contribution in [3.05, 3.63) is 118 Å². The van der Waals surface area contributed by atoms with Gasteiger partial charge in [-0.05, 0) is 116 Å². The van der Waals surface area contributed by atoms with Crippen molar-refractivity contribution in [3.63, 3.8) is 0 Å². The lowest BCUT2D eigenvalue weighted by Crippen LogP contribution is -2.52. The minimum absolute atomic E-state index is 0.0318. The van der Waals surface area contributed by atoms with E-state index >= 15 is 0 Å². The van der Waals surface area contributed by atoms with Gasteiger partial charge in [-0.2, -0.15) is 0 Å². The van der Waals surface area contributed by atoms with E-state index in [1.54, 1.807) is 13.8 Å². The molecule has 14 heteroatoms. The molecule has 0 radical (unpaired) electrons. The van der Waals surface area contributed by atoms with Gasteiger partial charge in [-0.1, -0.05) is 99.1 Å². The summed E-state index contributed by atoms with van der Waals surface area (Å²) in [5.74, 6) is -0.994. The number of rotatable bonds is 16. The van der Waals surface area contributed by atoms with Crippen LogP contribution in [0.25, 0.3) is 11.1 Å².